The van der Waals surface area contributed by atoms with Gasteiger partial charge in [-0.1, -0.05) is 6.42 Å². The summed E-state index contributed by atoms with van der Waals surface area (Å²) in [6.07, 6.45) is 4.50. The zero-order valence-corrected chi connectivity index (χ0v) is 10.1. The largest absolute Gasteiger partial charge is 0.393 e. The smallest absolute Gasteiger partial charge is 0.239 e. The van der Waals surface area contributed by atoms with Crippen molar-refractivity contribution in [3.05, 3.63) is 12.0 Å². The van der Waals surface area contributed by atoms with Gasteiger partial charge < -0.3 is 10.4 Å². The van der Waals surface area contributed by atoms with Gasteiger partial charge in [0.1, 0.15) is 0 Å². The third-order valence-electron chi connectivity index (χ3n) is 3.19. The van der Waals surface area contributed by atoms with Crippen molar-refractivity contribution in [1.29, 1.82) is 0 Å². The van der Waals surface area contributed by atoms with Gasteiger partial charge in [0.25, 0.3) is 0 Å². The average molecular weight is 255 g/mol. The van der Waals surface area contributed by atoms with E-state index < -0.39 is 5.82 Å². The predicted octanol–water partition coefficient (Wildman–Crippen LogP) is 0.864. The number of aromatic nitrogens is 2. The summed E-state index contributed by atoms with van der Waals surface area (Å²) in [5.74, 6) is 5.31. The van der Waals surface area contributed by atoms with Crippen LogP contribution < -0.4 is 16.6 Å². The molecule has 6 nitrogen and oxygen atoms in total. The summed E-state index contributed by atoms with van der Waals surface area (Å²) >= 11 is 0. The minimum Gasteiger partial charge on any atom is -0.393 e. The van der Waals surface area contributed by atoms with Crippen LogP contribution in [0.3, 0.4) is 0 Å². The fraction of sp³-hybridized carbons (Fsp3) is 0.636. The van der Waals surface area contributed by atoms with Gasteiger partial charge in [0.05, 0.1) is 12.3 Å². The van der Waals surface area contributed by atoms with Crippen LogP contribution in [0.15, 0.2) is 6.20 Å². The zero-order valence-electron chi connectivity index (χ0n) is 10.1. The van der Waals surface area contributed by atoms with Gasteiger partial charge in [-0.25, -0.2) is 15.2 Å². The molecule has 2 unspecified atom stereocenters. The predicted molar refractivity (Wildman–Crippen MR) is 66.3 cm³/mol. The molecule has 18 heavy (non-hydrogen) atoms. The second kappa shape index (κ2) is 5.92. The summed E-state index contributed by atoms with van der Waals surface area (Å²) in [4.78, 5) is 7.56. The van der Waals surface area contributed by atoms with Crippen LogP contribution >= 0.6 is 0 Å². The highest BCUT2D eigenvalue weighted by molar-refractivity contribution is 5.40. The molecular weight excluding hydrogens is 237 g/mol. The van der Waals surface area contributed by atoms with E-state index in [1.807, 2.05) is 0 Å². The molecule has 0 amide bonds. The number of rotatable bonds is 4. The molecule has 1 aromatic heterocycles. The van der Waals surface area contributed by atoms with E-state index in [0.29, 0.717) is 12.5 Å². The molecule has 5 N–H and O–H groups in total. The van der Waals surface area contributed by atoms with Gasteiger partial charge in [0.2, 0.25) is 5.95 Å². The van der Waals surface area contributed by atoms with E-state index in [9.17, 15) is 9.50 Å². The number of nitrogens with two attached hydrogens (primary N) is 1. The van der Waals surface area contributed by atoms with Crippen molar-refractivity contribution >= 4 is 11.8 Å². The van der Waals surface area contributed by atoms with Crippen molar-refractivity contribution < 1.29 is 9.50 Å². The minimum atomic E-state index is -0.509. The van der Waals surface area contributed by atoms with E-state index in [1.165, 1.54) is 0 Å². The van der Waals surface area contributed by atoms with Crippen LogP contribution in [0.5, 0.6) is 0 Å². The molecule has 0 radical (unpaired) electrons. The van der Waals surface area contributed by atoms with E-state index in [-0.39, 0.29) is 17.9 Å². The average Bonchev–Trinajstić information content (AvgIpc) is 2.38. The minimum absolute atomic E-state index is 0.137. The van der Waals surface area contributed by atoms with Crippen LogP contribution in [0.1, 0.15) is 25.7 Å². The van der Waals surface area contributed by atoms with E-state index in [1.54, 1.807) is 0 Å². The van der Waals surface area contributed by atoms with Gasteiger partial charge in [-0.2, -0.15) is 4.98 Å². The van der Waals surface area contributed by atoms with Gasteiger partial charge in [-0.3, -0.25) is 5.43 Å². The molecule has 1 heterocycles. The van der Waals surface area contributed by atoms with Gasteiger partial charge in [-0.15, -0.1) is 0 Å². The van der Waals surface area contributed by atoms with Crippen LogP contribution in [0.2, 0.25) is 0 Å². The molecular formula is C11H18FN5O. The Morgan fingerprint density at radius 1 is 1.50 bits per heavy atom. The number of aliphatic hydroxyl groups excluding tert-OH is 1. The molecule has 2 rings (SSSR count). The summed E-state index contributed by atoms with van der Waals surface area (Å²) in [5, 5.41) is 12.5. The van der Waals surface area contributed by atoms with Crippen LogP contribution in [0.25, 0.3) is 0 Å². The Labute approximate surface area is 105 Å². The molecule has 7 heteroatoms. The maximum absolute atomic E-state index is 13.4. The number of hydrogen-bond donors (Lipinski definition) is 4. The van der Waals surface area contributed by atoms with Gasteiger partial charge in [0.15, 0.2) is 11.6 Å². The van der Waals surface area contributed by atoms with Gasteiger partial charge in [-0.05, 0) is 25.2 Å². The Kier molecular flexibility index (Phi) is 4.27. The highest BCUT2D eigenvalue weighted by Gasteiger charge is 2.20. The third kappa shape index (κ3) is 3.27. The molecule has 0 bridgehead atoms. The summed E-state index contributed by atoms with van der Waals surface area (Å²) in [7, 11) is 0. The molecule has 0 aliphatic heterocycles. The Morgan fingerprint density at radius 3 is 3.06 bits per heavy atom. The highest BCUT2D eigenvalue weighted by Crippen LogP contribution is 2.24. The lowest BCUT2D eigenvalue weighted by Crippen LogP contribution is -2.25. The number of halogens is 1. The molecule has 1 aromatic rings. The molecule has 100 valence electrons. The van der Waals surface area contributed by atoms with Crippen molar-refractivity contribution in [3.63, 3.8) is 0 Å². The van der Waals surface area contributed by atoms with Crippen LogP contribution in [0, 0.1) is 11.7 Å². The number of nitrogens with one attached hydrogen (secondary N) is 2. The van der Waals surface area contributed by atoms with Crippen molar-refractivity contribution in [2.45, 2.75) is 31.8 Å². The normalized spacial score (nSPS) is 23.7. The molecule has 0 spiro atoms. The summed E-state index contributed by atoms with van der Waals surface area (Å²) in [6, 6.07) is 0. The number of hydrazine groups is 1. The Bertz CT molecular complexity index is 403. The SMILES string of the molecule is NNc1ncc(F)c(NCC2CCCC(O)C2)n1. The van der Waals surface area contributed by atoms with Gasteiger partial charge >= 0.3 is 0 Å². The zero-order chi connectivity index (χ0) is 13.0. The lowest BCUT2D eigenvalue weighted by atomic mass is 9.87. The summed E-state index contributed by atoms with van der Waals surface area (Å²) in [6.45, 7) is 0.592. The third-order valence-corrected chi connectivity index (χ3v) is 3.19. The molecule has 0 saturated heterocycles. The standard InChI is InChI=1S/C11H18FN5O/c12-9-6-15-11(17-13)16-10(9)14-5-7-2-1-3-8(18)4-7/h6-8,18H,1-5,13H2,(H2,14,15,16,17). The van der Waals surface area contributed by atoms with Crippen LogP contribution in [-0.4, -0.2) is 27.7 Å². The summed E-state index contributed by atoms with van der Waals surface area (Å²) < 4.78 is 13.4. The Hall–Kier alpha value is -1.47. The second-order valence-corrected chi connectivity index (χ2v) is 4.60. The number of anilines is 2. The van der Waals surface area contributed by atoms with Crippen molar-refractivity contribution in [2.75, 3.05) is 17.3 Å². The molecule has 1 aliphatic rings. The Morgan fingerprint density at radius 2 is 2.33 bits per heavy atom. The first-order valence-electron chi connectivity index (χ1n) is 6.10. The maximum Gasteiger partial charge on any atom is 0.239 e. The topological polar surface area (TPSA) is 96.1 Å². The summed E-state index contributed by atoms with van der Waals surface area (Å²) in [5.41, 5.74) is 2.27. The van der Waals surface area contributed by atoms with Crippen molar-refractivity contribution in [1.82, 2.24) is 9.97 Å². The molecule has 1 saturated carbocycles. The number of hydrogen-bond acceptors (Lipinski definition) is 6. The van der Waals surface area contributed by atoms with E-state index in [4.69, 9.17) is 5.84 Å². The van der Waals surface area contributed by atoms with Crippen LogP contribution in [0.4, 0.5) is 16.2 Å². The second-order valence-electron chi connectivity index (χ2n) is 4.60. The Balaban J connectivity index is 1.92. The lowest BCUT2D eigenvalue weighted by Gasteiger charge is -2.26. The molecule has 2 atom stereocenters. The molecule has 1 aliphatic carbocycles. The van der Waals surface area contributed by atoms with E-state index >= 15 is 0 Å². The number of aliphatic hydroxyl groups is 1. The first-order chi connectivity index (χ1) is 8.69. The maximum atomic E-state index is 13.4. The van der Waals surface area contributed by atoms with Crippen molar-refractivity contribution in [3.8, 4) is 0 Å². The fourth-order valence-electron chi connectivity index (χ4n) is 2.25. The fourth-order valence-corrected chi connectivity index (χ4v) is 2.25. The van der Waals surface area contributed by atoms with E-state index in [2.05, 4.69) is 20.7 Å². The van der Waals surface area contributed by atoms with Gasteiger partial charge in [0, 0.05) is 6.54 Å². The monoisotopic (exact) mass is 255 g/mol. The highest BCUT2D eigenvalue weighted by atomic mass is 19.1. The lowest BCUT2D eigenvalue weighted by molar-refractivity contribution is 0.104. The van der Waals surface area contributed by atoms with Crippen molar-refractivity contribution in [2.24, 2.45) is 11.8 Å². The quantitative estimate of drug-likeness (QED) is 0.471. The van der Waals surface area contributed by atoms with E-state index in [0.717, 1.165) is 31.9 Å². The number of nitrogen functional groups attached to an aromatic ring is 1. The first-order valence-corrected chi connectivity index (χ1v) is 6.10. The molecule has 0 aromatic carbocycles. The first kappa shape index (κ1) is 13.0. The molecule has 1 fully saturated rings. The van der Waals surface area contributed by atoms with Crippen LogP contribution in [-0.2, 0) is 0 Å². The number of nitrogens with zero attached hydrogens (tertiary/aromatic N) is 2.